The van der Waals surface area contributed by atoms with E-state index in [9.17, 15) is 0 Å². The lowest BCUT2D eigenvalue weighted by Gasteiger charge is -2.53. The summed E-state index contributed by atoms with van der Waals surface area (Å²) in [7, 11) is 0. The third-order valence-corrected chi connectivity index (χ3v) is 4.32. The van der Waals surface area contributed by atoms with E-state index in [0.717, 1.165) is 52.5 Å². The van der Waals surface area contributed by atoms with E-state index < -0.39 is 0 Å². The van der Waals surface area contributed by atoms with Crippen molar-refractivity contribution in [2.45, 2.75) is 38.8 Å². The van der Waals surface area contributed by atoms with Gasteiger partial charge in [-0.15, -0.1) is 0 Å². The van der Waals surface area contributed by atoms with Gasteiger partial charge in [0.05, 0.1) is 13.2 Å². The summed E-state index contributed by atoms with van der Waals surface area (Å²) >= 11 is 0. The third kappa shape index (κ3) is 3.23. The van der Waals surface area contributed by atoms with Crippen LogP contribution in [0.5, 0.6) is 0 Å². The van der Waals surface area contributed by atoms with Gasteiger partial charge in [0, 0.05) is 50.3 Å². The monoisotopic (exact) mass is 255 g/mol. The predicted molar refractivity (Wildman–Crippen MR) is 75.0 cm³/mol. The van der Waals surface area contributed by atoms with E-state index in [-0.39, 0.29) is 11.1 Å². The molecule has 106 valence electrons. The lowest BCUT2D eigenvalue weighted by atomic mass is 9.89. The van der Waals surface area contributed by atoms with Crippen LogP contribution in [0, 0.1) is 0 Å². The second kappa shape index (κ2) is 5.45. The first-order chi connectivity index (χ1) is 8.42. The van der Waals surface area contributed by atoms with E-state index in [2.05, 4.69) is 42.8 Å². The zero-order valence-corrected chi connectivity index (χ0v) is 12.5. The molecule has 0 aromatic carbocycles. The molecule has 0 saturated carbocycles. The number of nitrogens with zero attached hydrogens (tertiary/aromatic N) is 2. The lowest BCUT2D eigenvalue weighted by molar-refractivity contribution is -0.0288. The quantitative estimate of drug-likeness (QED) is 0.806. The summed E-state index contributed by atoms with van der Waals surface area (Å²) in [4.78, 5) is 5.20. The largest absolute Gasteiger partial charge is 0.379 e. The highest BCUT2D eigenvalue weighted by Gasteiger charge is 2.40. The van der Waals surface area contributed by atoms with Crippen molar-refractivity contribution >= 4 is 0 Å². The van der Waals surface area contributed by atoms with Crippen molar-refractivity contribution in [1.82, 2.24) is 15.1 Å². The summed E-state index contributed by atoms with van der Waals surface area (Å²) in [5, 5.41) is 3.56. The van der Waals surface area contributed by atoms with Crippen molar-refractivity contribution in [1.29, 1.82) is 0 Å². The summed E-state index contributed by atoms with van der Waals surface area (Å²) in [6.07, 6.45) is 0. The number of piperazine rings is 1. The average molecular weight is 255 g/mol. The summed E-state index contributed by atoms with van der Waals surface area (Å²) < 4.78 is 5.41. The van der Waals surface area contributed by atoms with Gasteiger partial charge in [-0.05, 0) is 27.7 Å². The molecule has 0 unspecified atom stereocenters. The van der Waals surface area contributed by atoms with Crippen molar-refractivity contribution in [3.63, 3.8) is 0 Å². The van der Waals surface area contributed by atoms with Crippen molar-refractivity contribution in [3.05, 3.63) is 0 Å². The first-order valence-electron chi connectivity index (χ1n) is 7.20. The Bertz CT molecular complexity index is 256. The molecule has 2 aliphatic rings. The first kappa shape index (κ1) is 14.3. The Hall–Kier alpha value is -0.160. The molecule has 0 aliphatic carbocycles. The van der Waals surface area contributed by atoms with Crippen LogP contribution in [0.1, 0.15) is 27.7 Å². The van der Waals surface area contributed by atoms with E-state index in [4.69, 9.17) is 4.74 Å². The van der Waals surface area contributed by atoms with Gasteiger partial charge in [0.25, 0.3) is 0 Å². The fourth-order valence-electron chi connectivity index (χ4n) is 3.36. The number of morpholine rings is 1. The van der Waals surface area contributed by atoms with Crippen LogP contribution < -0.4 is 5.32 Å². The second-order valence-electron chi connectivity index (χ2n) is 6.83. The maximum absolute atomic E-state index is 5.41. The molecule has 4 heteroatoms. The van der Waals surface area contributed by atoms with E-state index in [1.165, 1.54) is 0 Å². The van der Waals surface area contributed by atoms with Crippen LogP contribution in [-0.4, -0.2) is 73.4 Å². The molecule has 2 aliphatic heterocycles. The van der Waals surface area contributed by atoms with Gasteiger partial charge in [-0.1, -0.05) is 0 Å². The van der Waals surface area contributed by atoms with Crippen LogP contribution in [0.2, 0.25) is 0 Å². The van der Waals surface area contributed by atoms with Gasteiger partial charge in [-0.2, -0.15) is 0 Å². The van der Waals surface area contributed by atoms with E-state index >= 15 is 0 Å². The molecule has 0 radical (unpaired) electrons. The normalized spacial score (nSPS) is 29.3. The Balaban J connectivity index is 1.91. The van der Waals surface area contributed by atoms with Crippen molar-refractivity contribution in [3.8, 4) is 0 Å². The van der Waals surface area contributed by atoms with E-state index in [1.807, 2.05) is 0 Å². The van der Waals surface area contributed by atoms with Crippen molar-refractivity contribution in [2.75, 3.05) is 52.5 Å². The molecule has 0 bridgehead atoms. The maximum atomic E-state index is 5.41. The number of hydrogen-bond acceptors (Lipinski definition) is 4. The van der Waals surface area contributed by atoms with E-state index in [0.29, 0.717) is 0 Å². The topological polar surface area (TPSA) is 27.7 Å². The van der Waals surface area contributed by atoms with Gasteiger partial charge in [0.2, 0.25) is 0 Å². The minimum absolute atomic E-state index is 0.244. The van der Waals surface area contributed by atoms with Crippen LogP contribution >= 0.6 is 0 Å². The summed E-state index contributed by atoms with van der Waals surface area (Å²) in [5.74, 6) is 0. The van der Waals surface area contributed by atoms with Gasteiger partial charge in [-0.3, -0.25) is 9.80 Å². The Labute approximate surface area is 112 Å². The first-order valence-corrected chi connectivity index (χ1v) is 7.20. The number of rotatable bonds is 3. The number of nitrogens with one attached hydrogen (secondary N) is 1. The molecule has 0 aromatic heterocycles. The molecular formula is C14H29N3O. The van der Waals surface area contributed by atoms with Crippen LogP contribution in [0.4, 0.5) is 0 Å². The van der Waals surface area contributed by atoms with Crippen LogP contribution in [0.3, 0.4) is 0 Å². The van der Waals surface area contributed by atoms with Crippen molar-refractivity contribution in [2.24, 2.45) is 0 Å². The molecular weight excluding hydrogens is 226 g/mol. The molecule has 2 rings (SSSR count). The highest BCUT2D eigenvalue weighted by atomic mass is 16.5. The molecule has 0 aromatic rings. The lowest BCUT2D eigenvalue weighted by Crippen LogP contribution is -2.68. The smallest absolute Gasteiger partial charge is 0.0594 e. The van der Waals surface area contributed by atoms with Crippen LogP contribution in [0.25, 0.3) is 0 Å². The Kier molecular flexibility index (Phi) is 4.32. The van der Waals surface area contributed by atoms with E-state index in [1.54, 1.807) is 0 Å². The zero-order chi connectivity index (χ0) is 13.2. The van der Waals surface area contributed by atoms with Gasteiger partial charge >= 0.3 is 0 Å². The molecule has 2 heterocycles. The zero-order valence-electron chi connectivity index (χ0n) is 12.5. The molecule has 4 nitrogen and oxygen atoms in total. The minimum atomic E-state index is 0.244. The standard InChI is InChI=1S/C14H29N3O/c1-13(2)11-15-12-14(3,4)17(13)6-5-16-7-9-18-10-8-16/h15H,5-12H2,1-4H3. The fourth-order valence-corrected chi connectivity index (χ4v) is 3.36. The molecule has 2 saturated heterocycles. The molecule has 2 fully saturated rings. The summed E-state index contributed by atoms with van der Waals surface area (Å²) in [6.45, 7) is 17.8. The molecule has 18 heavy (non-hydrogen) atoms. The average Bonchev–Trinajstić information content (AvgIpc) is 2.28. The molecule has 0 amide bonds. The minimum Gasteiger partial charge on any atom is -0.379 e. The molecule has 1 N–H and O–H groups in total. The number of ether oxygens (including phenoxy) is 1. The highest BCUT2D eigenvalue weighted by molar-refractivity contribution is 4.99. The third-order valence-electron chi connectivity index (χ3n) is 4.32. The molecule has 0 spiro atoms. The van der Waals surface area contributed by atoms with Gasteiger partial charge in [-0.25, -0.2) is 0 Å². The number of hydrogen-bond donors (Lipinski definition) is 1. The Morgan fingerprint density at radius 2 is 1.50 bits per heavy atom. The van der Waals surface area contributed by atoms with Crippen molar-refractivity contribution < 1.29 is 4.74 Å². The van der Waals surface area contributed by atoms with Crippen LogP contribution in [-0.2, 0) is 4.74 Å². The summed E-state index contributed by atoms with van der Waals surface area (Å²) in [5.41, 5.74) is 0.488. The van der Waals surface area contributed by atoms with Crippen LogP contribution in [0.15, 0.2) is 0 Å². The van der Waals surface area contributed by atoms with Gasteiger partial charge in [0.1, 0.15) is 0 Å². The molecule has 0 atom stereocenters. The van der Waals surface area contributed by atoms with Gasteiger partial charge in [0.15, 0.2) is 0 Å². The second-order valence-corrected chi connectivity index (χ2v) is 6.83. The SMILES string of the molecule is CC1(C)CNCC(C)(C)N1CCN1CCOCC1. The van der Waals surface area contributed by atoms with Gasteiger partial charge < -0.3 is 10.1 Å². The Morgan fingerprint density at radius 1 is 0.944 bits per heavy atom. The predicted octanol–water partition coefficient (Wildman–Crippen LogP) is 0.781. The fraction of sp³-hybridized carbons (Fsp3) is 1.00. The highest BCUT2D eigenvalue weighted by Crippen LogP contribution is 2.27. The Morgan fingerprint density at radius 3 is 2.06 bits per heavy atom. The maximum Gasteiger partial charge on any atom is 0.0594 e. The summed E-state index contributed by atoms with van der Waals surface area (Å²) in [6, 6.07) is 0.